The van der Waals surface area contributed by atoms with Gasteiger partial charge in [-0.2, -0.15) is 5.26 Å². The van der Waals surface area contributed by atoms with Crippen molar-refractivity contribution in [2.24, 2.45) is 11.3 Å². The summed E-state index contributed by atoms with van der Waals surface area (Å²) in [5.41, 5.74) is 0.764. The monoisotopic (exact) mass is 420 g/mol. The summed E-state index contributed by atoms with van der Waals surface area (Å²) in [6.45, 7) is 6.26. The molecular weight excluding hydrogens is 392 g/mol. The van der Waals surface area contributed by atoms with Gasteiger partial charge >= 0.3 is 0 Å². The molecule has 31 heavy (non-hydrogen) atoms. The molecule has 3 aliphatic heterocycles. The third-order valence-electron chi connectivity index (χ3n) is 7.29. The van der Waals surface area contributed by atoms with E-state index < -0.39 is 0 Å². The standard InChI is InChI=1S/C24H28N4O3/c1-24(16-25)6-8-27(9-7-24)22(29)20-4-5-21-18-11-17(13-28(21)23(20)30)12-26(14-18)15-19-3-2-10-31-19/h2-5,10,17-18H,6-9,11-15H2,1H3/t17-,18+/m0/s1. The first-order chi connectivity index (χ1) is 15.0. The van der Waals surface area contributed by atoms with Gasteiger partial charge in [0.2, 0.25) is 0 Å². The number of likely N-dealkylation sites (tertiary alicyclic amines) is 2. The number of aromatic nitrogens is 1. The van der Waals surface area contributed by atoms with Crippen LogP contribution >= 0.6 is 0 Å². The lowest BCUT2D eigenvalue weighted by Gasteiger charge is -2.42. The molecule has 0 spiro atoms. The molecule has 0 unspecified atom stereocenters. The average molecular weight is 421 g/mol. The van der Waals surface area contributed by atoms with Crippen LogP contribution in [-0.2, 0) is 13.1 Å². The first-order valence-corrected chi connectivity index (χ1v) is 11.1. The van der Waals surface area contributed by atoms with Crippen molar-refractivity contribution in [2.45, 2.75) is 45.2 Å². The molecule has 1 amide bonds. The summed E-state index contributed by atoms with van der Waals surface area (Å²) in [7, 11) is 0. The van der Waals surface area contributed by atoms with Crippen molar-refractivity contribution in [1.82, 2.24) is 14.4 Å². The van der Waals surface area contributed by atoms with Crippen molar-refractivity contribution in [3.05, 3.63) is 57.9 Å². The van der Waals surface area contributed by atoms with Crippen LogP contribution in [0.15, 0.2) is 39.7 Å². The summed E-state index contributed by atoms with van der Waals surface area (Å²) in [4.78, 5) is 30.5. The number of nitrogens with zero attached hydrogens (tertiary/aromatic N) is 4. The minimum absolute atomic E-state index is 0.162. The number of hydrogen-bond donors (Lipinski definition) is 0. The SMILES string of the molecule is CC1(C#N)CCN(C(=O)c2ccc3n(c2=O)C[C@H]2C[C@@H]3CN(Cc3ccco3)C2)CC1. The van der Waals surface area contributed by atoms with E-state index >= 15 is 0 Å². The molecule has 0 saturated carbocycles. The van der Waals surface area contributed by atoms with E-state index in [9.17, 15) is 14.9 Å². The van der Waals surface area contributed by atoms with E-state index in [-0.39, 0.29) is 22.4 Å². The first kappa shape index (κ1) is 20.1. The second-order valence-electron chi connectivity index (χ2n) is 9.62. The zero-order valence-corrected chi connectivity index (χ0v) is 17.9. The largest absolute Gasteiger partial charge is 0.468 e. The highest BCUT2D eigenvalue weighted by atomic mass is 16.3. The van der Waals surface area contributed by atoms with Crippen LogP contribution in [0.2, 0.25) is 0 Å². The summed E-state index contributed by atoms with van der Waals surface area (Å²) >= 11 is 0. The molecule has 5 rings (SSSR count). The highest BCUT2D eigenvalue weighted by Gasteiger charge is 2.37. The molecule has 0 aromatic carbocycles. The highest BCUT2D eigenvalue weighted by molar-refractivity contribution is 5.94. The maximum atomic E-state index is 13.3. The van der Waals surface area contributed by atoms with Crippen LogP contribution in [-0.4, -0.2) is 46.5 Å². The van der Waals surface area contributed by atoms with Gasteiger partial charge in [-0.3, -0.25) is 14.5 Å². The molecule has 2 saturated heterocycles. The zero-order valence-electron chi connectivity index (χ0n) is 17.9. The predicted molar refractivity (Wildman–Crippen MR) is 114 cm³/mol. The second-order valence-corrected chi connectivity index (χ2v) is 9.62. The van der Waals surface area contributed by atoms with Crippen LogP contribution in [0.25, 0.3) is 0 Å². The van der Waals surface area contributed by atoms with Gasteiger partial charge in [-0.25, -0.2) is 0 Å². The number of furan rings is 1. The molecule has 0 aliphatic carbocycles. The van der Waals surface area contributed by atoms with Gasteiger partial charge in [0.05, 0.1) is 24.3 Å². The topological polar surface area (TPSA) is 82.5 Å². The molecule has 162 valence electrons. The Morgan fingerprint density at radius 1 is 1.23 bits per heavy atom. The second kappa shape index (κ2) is 7.69. The summed E-state index contributed by atoms with van der Waals surface area (Å²) in [6.07, 6.45) is 4.09. The van der Waals surface area contributed by atoms with E-state index in [0.717, 1.165) is 37.5 Å². The number of piperidine rings is 2. The number of rotatable bonds is 3. The molecule has 0 N–H and O–H groups in total. The lowest BCUT2D eigenvalue weighted by molar-refractivity contribution is 0.0656. The Morgan fingerprint density at radius 2 is 2.03 bits per heavy atom. The van der Waals surface area contributed by atoms with Crippen LogP contribution in [0.3, 0.4) is 0 Å². The van der Waals surface area contributed by atoms with E-state index in [1.54, 1.807) is 17.2 Å². The first-order valence-electron chi connectivity index (χ1n) is 11.1. The van der Waals surface area contributed by atoms with Gasteiger partial charge in [-0.1, -0.05) is 0 Å². The summed E-state index contributed by atoms with van der Waals surface area (Å²) in [5, 5.41) is 9.32. The number of amides is 1. The fourth-order valence-corrected chi connectivity index (χ4v) is 5.45. The third kappa shape index (κ3) is 3.70. The maximum Gasteiger partial charge on any atom is 0.263 e. The molecule has 5 heterocycles. The quantitative estimate of drug-likeness (QED) is 0.763. The van der Waals surface area contributed by atoms with Gasteiger partial charge in [0, 0.05) is 44.3 Å². The van der Waals surface area contributed by atoms with Crippen molar-refractivity contribution >= 4 is 5.91 Å². The van der Waals surface area contributed by atoms with E-state index in [0.29, 0.717) is 44.3 Å². The molecule has 7 nitrogen and oxygen atoms in total. The molecule has 3 aliphatic rings. The summed E-state index contributed by atoms with van der Waals surface area (Å²) < 4.78 is 7.36. The van der Waals surface area contributed by atoms with Gasteiger partial charge in [-0.15, -0.1) is 0 Å². The van der Waals surface area contributed by atoms with Crippen molar-refractivity contribution < 1.29 is 9.21 Å². The number of nitriles is 1. The fraction of sp³-hybridized carbons (Fsp3) is 0.542. The minimum Gasteiger partial charge on any atom is -0.468 e. The Kier molecular flexibility index (Phi) is 4.98. The van der Waals surface area contributed by atoms with Crippen LogP contribution in [0.5, 0.6) is 0 Å². The molecule has 2 fully saturated rings. The van der Waals surface area contributed by atoms with Crippen molar-refractivity contribution in [1.29, 1.82) is 5.26 Å². The Balaban J connectivity index is 1.35. The van der Waals surface area contributed by atoms with Gasteiger partial charge in [-0.05, 0) is 56.4 Å². The lowest BCUT2D eigenvalue weighted by atomic mass is 9.81. The Bertz CT molecular complexity index is 1070. The van der Waals surface area contributed by atoms with Crippen molar-refractivity contribution in [3.63, 3.8) is 0 Å². The van der Waals surface area contributed by atoms with Crippen LogP contribution in [0.4, 0.5) is 0 Å². The predicted octanol–water partition coefficient (Wildman–Crippen LogP) is 2.83. The van der Waals surface area contributed by atoms with Crippen molar-refractivity contribution in [3.8, 4) is 6.07 Å². The number of pyridine rings is 1. The number of hydrogen-bond acceptors (Lipinski definition) is 5. The van der Waals surface area contributed by atoms with E-state index in [1.807, 2.05) is 29.7 Å². The van der Waals surface area contributed by atoms with Gasteiger partial charge in [0.25, 0.3) is 11.5 Å². The van der Waals surface area contributed by atoms with Crippen LogP contribution in [0.1, 0.15) is 53.9 Å². The van der Waals surface area contributed by atoms with E-state index in [1.165, 1.54) is 0 Å². The van der Waals surface area contributed by atoms with Gasteiger partial charge in [0.1, 0.15) is 11.3 Å². The van der Waals surface area contributed by atoms with Gasteiger partial charge < -0.3 is 13.9 Å². The Morgan fingerprint density at radius 3 is 2.74 bits per heavy atom. The number of fused-ring (bicyclic) bond motifs is 4. The average Bonchev–Trinajstić information content (AvgIpc) is 3.27. The van der Waals surface area contributed by atoms with Crippen molar-refractivity contribution in [2.75, 3.05) is 26.2 Å². The molecular formula is C24H28N4O3. The normalized spacial score (nSPS) is 25.0. The lowest BCUT2D eigenvalue weighted by Crippen LogP contribution is -2.48. The van der Waals surface area contributed by atoms with Crippen LogP contribution in [0, 0.1) is 22.7 Å². The smallest absolute Gasteiger partial charge is 0.263 e. The Labute approximate surface area is 181 Å². The molecule has 7 heteroatoms. The molecule has 0 radical (unpaired) electrons. The van der Waals surface area contributed by atoms with E-state index in [4.69, 9.17) is 4.42 Å². The maximum absolute atomic E-state index is 13.3. The highest BCUT2D eigenvalue weighted by Crippen LogP contribution is 2.36. The summed E-state index contributed by atoms with van der Waals surface area (Å²) in [6, 6.07) is 9.98. The summed E-state index contributed by atoms with van der Waals surface area (Å²) in [5.74, 6) is 1.46. The zero-order chi connectivity index (χ0) is 21.6. The third-order valence-corrected chi connectivity index (χ3v) is 7.29. The minimum atomic E-state index is -0.374. The molecule has 2 atom stereocenters. The molecule has 2 aromatic heterocycles. The molecule has 2 bridgehead atoms. The van der Waals surface area contributed by atoms with E-state index in [2.05, 4.69) is 11.0 Å². The number of carbonyl (C=O) groups is 1. The Hall–Kier alpha value is -2.85. The number of carbonyl (C=O) groups excluding carboxylic acids is 1. The van der Waals surface area contributed by atoms with Crippen LogP contribution < -0.4 is 5.56 Å². The van der Waals surface area contributed by atoms with Gasteiger partial charge in [0.15, 0.2) is 0 Å². The molecule has 2 aromatic rings. The fourth-order valence-electron chi connectivity index (χ4n) is 5.45.